The maximum absolute atomic E-state index is 12.7. The number of methoxy groups -OCH3 is 3. The minimum absolute atomic E-state index is 0.0556. The number of hydrogen-bond acceptors (Lipinski definition) is 9. The second kappa shape index (κ2) is 12.7. The highest BCUT2D eigenvalue weighted by molar-refractivity contribution is 8.00. The zero-order chi connectivity index (χ0) is 26.4. The number of nitrogens with one attached hydrogen (secondary N) is 1. The van der Waals surface area contributed by atoms with Gasteiger partial charge in [-0.3, -0.25) is 9.59 Å². The summed E-state index contributed by atoms with van der Waals surface area (Å²) < 4.78 is 18.4. The van der Waals surface area contributed by atoms with Gasteiger partial charge in [0.2, 0.25) is 5.91 Å². The number of rotatable bonds is 10. The van der Waals surface area contributed by atoms with Gasteiger partial charge in [0, 0.05) is 18.5 Å². The topological polar surface area (TPSA) is 108 Å². The van der Waals surface area contributed by atoms with E-state index in [2.05, 4.69) is 10.3 Å². The Morgan fingerprint density at radius 3 is 2.68 bits per heavy atom. The fraction of sp³-hybridized carbons (Fsp3) is 0.440. The summed E-state index contributed by atoms with van der Waals surface area (Å²) in [4.78, 5) is 43.7. The Morgan fingerprint density at radius 1 is 1.11 bits per heavy atom. The van der Waals surface area contributed by atoms with Crippen LogP contribution in [0.15, 0.2) is 23.2 Å². The molecule has 9 nitrogen and oxygen atoms in total. The lowest BCUT2D eigenvalue weighted by Crippen LogP contribution is -2.20. The van der Waals surface area contributed by atoms with Crippen LogP contribution in [0.1, 0.15) is 33.6 Å². The first-order valence-corrected chi connectivity index (χ1v) is 14.6. The molecule has 2 amide bonds. The molecule has 0 atom stereocenters. The van der Waals surface area contributed by atoms with Crippen molar-refractivity contribution in [3.05, 3.63) is 39.0 Å². The van der Waals surface area contributed by atoms with Crippen molar-refractivity contribution in [3.63, 3.8) is 0 Å². The number of benzene rings is 1. The molecule has 12 heteroatoms. The van der Waals surface area contributed by atoms with E-state index < -0.39 is 5.97 Å². The minimum Gasteiger partial charge on any atom is -0.497 e. The predicted molar refractivity (Wildman–Crippen MR) is 147 cm³/mol. The molecule has 1 aliphatic carbocycles. The van der Waals surface area contributed by atoms with E-state index in [-0.39, 0.29) is 23.3 Å². The molecular formula is C25H29N3O6S3. The second-order valence-corrected chi connectivity index (χ2v) is 11.4. The van der Waals surface area contributed by atoms with Crippen molar-refractivity contribution in [2.24, 2.45) is 4.99 Å². The summed E-state index contributed by atoms with van der Waals surface area (Å²) in [5.74, 6) is -0.180. The Morgan fingerprint density at radius 2 is 1.92 bits per heavy atom. The van der Waals surface area contributed by atoms with Crippen molar-refractivity contribution in [1.82, 2.24) is 4.57 Å². The number of amides is 2. The third-order valence-electron chi connectivity index (χ3n) is 5.90. The van der Waals surface area contributed by atoms with E-state index in [0.717, 1.165) is 52.1 Å². The lowest BCUT2D eigenvalue weighted by Gasteiger charge is -2.11. The van der Waals surface area contributed by atoms with Gasteiger partial charge in [0.1, 0.15) is 10.8 Å². The molecule has 1 aromatic carbocycles. The summed E-state index contributed by atoms with van der Waals surface area (Å²) in [7, 11) is 4.58. The number of thiophene rings is 1. The van der Waals surface area contributed by atoms with E-state index in [9.17, 15) is 14.4 Å². The van der Waals surface area contributed by atoms with Gasteiger partial charge in [-0.25, -0.2) is 4.79 Å². The van der Waals surface area contributed by atoms with E-state index in [4.69, 9.17) is 14.2 Å². The van der Waals surface area contributed by atoms with Crippen molar-refractivity contribution in [3.8, 4) is 5.75 Å². The number of aryl methyl sites for hydroxylation is 1. The Bertz CT molecular complexity index is 1370. The molecule has 0 saturated heterocycles. The minimum atomic E-state index is -0.431. The second-order valence-electron chi connectivity index (χ2n) is 8.32. The summed E-state index contributed by atoms with van der Waals surface area (Å²) in [6.07, 6.45) is 3.80. The molecule has 0 saturated carbocycles. The largest absolute Gasteiger partial charge is 0.497 e. The van der Waals surface area contributed by atoms with Gasteiger partial charge >= 0.3 is 5.97 Å². The van der Waals surface area contributed by atoms with Gasteiger partial charge in [0.05, 0.1) is 48.1 Å². The number of fused-ring (bicyclic) bond motifs is 2. The van der Waals surface area contributed by atoms with Crippen molar-refractivity contribution in [1.29, 1.82) is 0 Å². The molecule has 3 aromatic rings. The first-order valence-electron chi connectivity index (χ1n) is 11.8. The number of ether oxygens (including phenoxy) is 3. The Balaban J connectivity index is 1.41. The lowest BCUT2D eigenvalue weighted by molar-refractivity contribution is -0.115. The highest BCUT2D eigenvalue weighted by Gasteiger charge is 2.26. The first kappa shape index (κ1) is 27.4. The number of anilines is 1. The number of nitrogens with zero attached hydrogens (tertiary/aromatic N) is 2. The van der Waals surface area contributed by atoms with Crippen LogP contribution in [0.2, 0.25) is 0 Å². The summed E-state index contributed by atoms with van der Waals surface area (Å²) >= 11 is 4.03. The van der Waals surface area contributed by atoms with Gasteiger partial charge in [0.25, 0.3) is 5.91 Å². The highest BCUT2D eigenvalue weighted by Crippen LogP contribution is 2.38. The highest BCUT2D eigenvalue weighted by atomic mass is 32.2. The van der Waals surface area contributed by atoms with Crippen molar-refractivity contribution < 1.29 is 28.6 Å². The van der Waals surface area contributed by atoms with Crippen LogP contribution in [0.25, 0.3) is 10.2 Å². The molecule has 198 valence electrons. The van der Waals surface area contributed by atoms with Gasteiger partial charge in [-0.2, -0.15) is 4.99 Å². The van der Waals surface area contributed by atoms with Crippen LogP contribution in [-0.4, -0.2) is 61.8 Å². The molecule has 37 heavy (non-hydrogen) atoms. The fourth-order valence-electron chi connectivity index (χ4n) is 4.17. The number of aromatic nitrogens is 1. The van der Waals surface area contributed by atoms with Gasteiger partial charge in [0.15, 0.2) is 4.80 Å². The number of carbonyl (C=O) groups is 3. The van der Waals surface area contributed by atoms with Gasteiger partial charge in [-0.15, -0.1) is 23.1 Å². The summed E-state index contributed by atoms with van der Waals surface area (Å²) in [5, 5.41) is 3.38. The fourth-order valence-corrected chi connectivity index (χ4v) is 7.16. The molecule has 1 aliphatic rings. The van der Waals surface area contributed by atoms with Gasteiger partial charge in [-0.1, -0.05) is 11.3 Å². The Kier molecular flexibility index (Phi) is 9.41. The average molecular weight is 564 g/mol. The predicted octanol–water partition coefficient (Wildman–Crippen LogP) is 3.88. The number of thioether (sulfide) groups is 1. The quantitative estimate of drug-likeness (QED) is 0.373. The van der Waals surface area contributed by atoms with Crippen molar-refractivity contribution in [2.45, 2.75) is 32.2 Å². The van der Waals surface area contributed by atoms with E-state index in [1.54, 1.807) is 14.2 Å². The SMILES string of the molecule is COCCn1c(=NC(=O)CSCC(=O)Nc2sc3c(c2C(=O)OC)CCCC3)sc2cc(OC)ccc21. The summed E-state index contributed by atoms with van der Waals surface area (Å²) in [5.41, 5.74) is 2.40. The molecule has 0 bridgehead atoms. The molecule has 0 radical (unpaired) electrons. The molecule has 1 N–H and O–H groups in total. The monoisotopic (exact) mass is 563 g/mol. The van der Waals surface area contributed by atoms with Crippen LogP contribution in [0, 0.1) is 0 Å². The van der Waals surface area contributed by atoms with E-state index >= 15 is 0 Å². The van der Waals surface area contributed by atoms with E-state index in [1.807, 2.05) is 22.8 Å². The third kappa shape index (κ3) is 6.43. The molecule has 0 aliphatic heterocycles. The normalized spacial score (nSPS) is 13.4. The van der Waals surface area contributed by atoms with Crippen LogP contribution < -0.4 is 14.9 Å². The van der Waals surface area contributed by atoms with Crippen molar-refractivity contribution >= 4 is 67.4 Å². The Labute approximate surface area is 226 Å². The molecule has 2 aromatic heterocycles. The Hall–Kier alpha value is -2.67. The zero-order valence-electron chi connectivity index (χ0n) is 21.0. The van der Waals surface area contributed by atoms with Crippen LogP contribution in [0.3, 0.4) is 0 Å². The van der Waals surface area contributed by atoms with Gasteiger partial charge < -0.3 is 24.1 Å². The average Bonchev–Trinajstić information content (AvgIpc) is 3.43. The lowest BCUT2D eigenvalue weighted by atomic mass is 9.95. The smallest absolute Gasteiger partial charge is 0.341 e. The van der Waals surface area contributed by atoms with Crippen molar-refractivity contribution in [2.75, 3.05) is 44.8 Å². The van der Waals surface area contributed by atoms with E-state index in [0.29, 0.717) is 28.5 Å². The van der Waals surface area contributed by atoms with E-state index in [1.165, 1.54) is 41.5 Å². The van der Waals surface area contributed by atoms with Crippen LogP contribution in [0.5, 0.6) is 5.75 Å². The maximum Gasteiger partial charge on any atom is 0.341 e. The molecule has 0 unspecified atom stereocenters. The maximum atomic E-state index is 12.7. The molecule has 0 fully saturated rings. The summed E-state index contributed by atoms with van der Waals surface area (Å²) in [6.45, 7) is 1.03. The van der Waals surface area contributed by atoms with Crippen LogP contribution >= 0.6 is 34.4 Å². The van der Waals surface area contributed by atoms with Crippen LogP contribution in [-0.2, 0) is 38.4 Å². The first-order chi connectivity index (χ1) is 17.9. The van der Waals surface area contributed by atoms with Crippen LogP contribution in [0.4, 0.5) is 5.00 Å². The number of hydrogen-bond donors (Lipinski definition) is 1. The molecule has 2 heterocycles. The number of carbonyl (C=O) groups excluding carboxylic acids is 3. The van der Waals surface area contributed by atoms with Gasteiger partial charge in [-0.05, 0) is 49.4 Å². The summed E-state index contributed by atoms with van der Waals surface area (Å²) in [6, 6.07) is 5.72. The molecule has 0 spiro atoms. The number of thiazole rings is 1. The zero-order valence-corrected chi connectivity index (χ0v) is 23.4. The standard InChI is InChI=1S/C25H29N3O6S3/c1-32-11-10-28-17-9-8-15(33-2)12-19(17)37-25(28)27-21(30)14-35-13-20(29)26-23-22(24(31)34-3)16-6-4-5-7-18(16)36-23/h8-9,12H,4-7,10-11,13-14H2,1-3H3,(H,26,29). The third-order valence-corrected chi connectivity index (χ3v) is 9.07. The molecular weight excluding hydrogens is 534 g/mol. The number of esters is 1. The molecule has 4 rings (SSSR count).